The van der Waals surface area contributed by atoms with Gasteiger partial charge in [-0.2, -0.15) is 0 Å². The lowest BCUT2D eigenvalue weighted by Gasteiger charge is -2.38. The third-order valence-corrected chi connectivity index (χ3v) is 7.33. The third kappa shape index (κ3) is 6.19. The van der Waals surface area contributed by atoms with Gasteiger partial charge in [0.15, 0.2) is 9.84 Å². The second kappa shape index (κ2) is 9.47. The zero-order valence-corrected chi connectivity index (χ0v) is 18.4. The summed E-state index contributed by atoms with van der Waals surface area (Å²) in [6.45, 7) is 0.611. The smallest absolute Gasteiger partial charge is 0.239 e. The molecule has 0 radical (unpaired) electrons. The lowest BCUT2D eigenvalue weighted by atomic mass is 9.78. The van der Waals surface area contributed by atoms with Gasteiger partial charge in [-0.3, -0.25) is 4.79 Å². The Bertz CT molecular complexity index is 799. The highest BCUT2D eigenvalue weighted by atomic mass is 32.2. The summed E-state index contributed by atoms with van der Waals surface area (Å²) in [5.41, 5.74) is 7.06. The monoisotopic (exact) mass is 422 g/mol. The molecular weight excluding hydrogens is 388 g/mol. The molecule has 3 rings (SSSR count). The van der Waals surface area contributed by atoms with Crippen LogP contribution >= 0.6 is 0 Å². The SMILES string of the molecule is CN(C(=O)[C@@H](N)C1CCC(COc2cccc(CS(C)(=O)=O)c2)CC1)C1CCC1. The molecule has 2 saturated carbocycles. The second-order valence-corrected chi connectivity index (χ2v) is 11.0. The summed E-state index contributed by atoms with van der Waals surface area (Å²) in [4.78, 5) is 14.5. The van der Waals surface area contributed by atoms with Crippen molar-refractivity contribution in [3.63, 3.8) is 0 Å². The van der Waals surface area contributed by atoms with E-state index in [0.717, 1.165) is 44.1 Å². The molecule has 162 valence electrons. The Morgan fingerprint density at radius 1 is 1.21 bits per heavy atom. The first-order valence-corrected chi connectivity index (χ1v) is 12.7. The largest absolute Gasteiger partial charge is 0.493 e. The Labute approximate surface area is 174 Å². The standard InChI is InChI=1S/C22H34N2O4S/c1-24(19-6-4-7-19)22(25)21(23)18-11-9-16(10-12-18)14-28-20-8-3-5-17(13-20)15-29(2,26)27/h3,5,8,13,16,18-19,21H,4,6-7,9-12,14-15,23H2,1-2H3/t16?,18?,21-/m0/s1. The molecule has 1 atom stereocenters. The molecule has 0 unspecified atom stereocenters. The van der Waals surface area contributed by atoms with Gasteiger partial charge in [-0.25, -0.2) is 8.42 Å². The van der Waals surface area contributed by atoms with Gasteiger partial charge in [0.05, 0.1) is 18.4 Å². The molecule has 2 aliphatic rings. The number of likely N-dealkylation sites (N-methyl/N-ethyl adjacent to an activating group) is 1. The van der Waals surface area contributed by atoms with Gasteiger partial charge in [-0.1, -0.05) is 12.1 Å². The molecular formula is C22H34N2O4S. The summed E-state index contributed by atoms with van der Waals surface area (Å²) in [6, 6.07) is 7.29. The van der Waals surface area contributed by atoms with Crippen LogP contribution in [0.25, 0.3) is 0 Å². The number of benzene rings is 1. The highest BCUT2D eigenvalue weighted by Gasteiger charge is 2.34. The maximum Gasteiger partial charge on any atom is 0.239 e. The topological polar surface area (TPSA) is 89.7 Å². The minimum atomic E-state index is -3.06. The number of rotatable bonds is 8. The molecule has 1 amide bonds. The van der Waals surface area contributed by atoms with E-state index in [2.05, 4.69) is 0 Å². The number of hydrogen-bond acceptors (Lipinski definition) is 5. The summed E-state index contributed by atoms with van der Waals surface area (Å²) in [6.07, 6.45) is 8.55. The van der Waals surface area contributed by atoms with Crippen molar-refractivity contribution in [3.05, 3.63) is 29.8 Å². The van der Waals surface area contributed by atoms with Crippen molar-refractivity contribution in [2.45, 2.75) is 62.8 Å². The molecule has 2 N–H and O–H groups in total. The van der Waals surface area contributed by atoms with Gasteiger partial charge < -0.3 is 15.4 Å². The molecule has 0 heterocycles. The van der Waals surface area contributed by atoms with Gasteiger partial charge in [0.25, 0.3) is 0 Å². The molecule has 0 aromatic heterocycles. The van der Waals surface area contributed by atoms with Crippen LogP contribution in [0.4, 0.5) is 0 Å². The van der Waals surface area contributed by atoms with Crippen LogP contribution < -0.4 is 10.5 Å². The summed E-state index contributed by atoms with van der Waals surface area (Å²) < 4.78 is 28.9. The number of carbonyl (C=O) groups excluding carboxylic acids is 1. The molecule has 6 nitrogen and oxygen atoms in total. The van der Waals surface area contributed by atoms with Crippen LogP contribution in [0.3, 0.4) is 0 Å². The van der Waals surface area contributed by atoms with Gasteiger partial charge in [0.1, 0.15) is 5.75 Å². The molecule has 0 bridgehead atoms. The van der Waals surface area contributed by atoms with E-state index in [1.807, 2.05) is 24.1 Å². The van der Waals surface area contributed by atoms with Crippen LogP contribution in [-0.2, 0) is 20.4 Å². The van der Waals surface area contributed by atoms with Crippen LogP contribution in [0.15, 0.2) is 24.3 Å². The molecule has 1 aromatic carbocycles. The molecule has 0 saturated heterocycles. The van der Waals surface area contributed by atoms with Crippen LogP contribution in [0, 0.1) is 11.8 Å². The fourth-order valence-electron chi connectivity index (χ4n) is 4.35. The fourth-order valence-corrected chi connectivity index (χ4v) is 5.13. The second-order valence-electron chi connectivity index (χ2n) is 8.87. The Morgan fingerprint density at radius 2 is 1.90 bits per heavy atom. The van der Waals surface area contributed by atoms with Crippen molar-refractivity contribution in [1.29, 1.82) is 0 Å². The Kier molecular flexibility index (Phi) is 7.22. The van der Waals surface area contributed by atoms with E-state index in [1.54, 1.807) is 12.1 Å². The predicted octanol–water partition coefficient (Wildman–Crippen LogP) is 2.75. The van der Waals surface area contributed by atoms with Crippen molar-refractivity contribution >= 4 is 15.7 Å². The minimum Gasteiger partial charge on any atom is -0.493 e. The van der Waals surface area contributed by atoms with E-state index >= 15 is 0 Å². The number of amides is 1. The van der Waals surface area contributed by atoms with Gasteiger partial charge >= 0.3 is 0 Å². The van der Waals surface area contributed by atoms with E-state index in [0.29, 0.717) is 24.3 Å². The van der Waals surface area contributed by atoms with Crippen molar-refractivity contribution in [2.75, 3.05) is 19.9 Å². The van der Waals surface area contributed by atoms with E-state index in [1.165, 1.54) is 12.7 Å². The van der Waals surface area contributed by atoms with Gasteiger partial charge in [0, 0.05) is 19.3 Å². The van der Waals surface area contributed by atoms with E-state index in [9.17, 15) is 13.2 Å². The van der Waals surface area contributed by atoms with Crippen molar-refractivity contribution in [3.8, 4) is 5.75 Å². The van der Waals surface area contributed by atoms with Crippen LogP contribution in [-0.4, -0.2) is 51.2 Å². The lowest BCUT2D eigenvalue weighted by Crippen LogP contribution is -2.52. The van der Waals surface area contributed by atoms with E-state index in [-0.39, 0.29) is 17.6 Å². The summed E-state index contributed by atoms with van der Waals surface area (Å²) in [7, 11) is -1.17. The first-order valence-electron chi connectivity index (χ1n) is 10.6. The lowest BCUT2D eigenvalue weighted by molar-refractivity contribution is -0.136. The Morgan fingerprint density at radius 3 is 2.48 bits per heavy atom. The summed E-state index contributed by atoms with van der Waals surface area (Å²) in [5, 5.41) is 0. The maximum atomic E-state index is 12.6. The molecule has 0 aliphatic heterocycles. The molecule has 2 fully saturated rings. The Hall–Kier alpha value is -1.60. The van der Waals surface area contributed by atoms with Crippen LogP contribution in [0.5, 0.6) is 5.75 Å². The number of nitrogens with two attached hydrogens (primary N) is 1. The average molecular weight is 423 g/mol. The van der Waals surface area contributed by atoms with Gasteiger partial charge in [0.2, 0.25) is 5.91 Å². The van der Waals surface area contributed by atoms with Gasteiger partial charge in [-0.15, -0.1) is 0 Å². The highest BCUT2D eigenvalue weighted by Crippen LogP contribution is 2.32. The normalized spacial score (nSPS) is 23.8. The van der Waals surface area contributed by atoms with Crippen molar-refractivity contribution < 1.29 is 17.9 Å². The zero-order chi connectivity index (χ0) is 21.0. The first-order chi connectivity index (χ1) is 13.7. The number of nitrogens with zero attached hydrogens (tertiary/aromatic N) is 1. The number of ether oxygens (including phenoxy) is 1. The first kappa shape index (κ1) is 22.1. The quantitative estimate of drug-likeness (QED) is 0.696. The fraction of sp³-hybridized carbons (Fsp3) is 0.682. The van der Waals surface area contributed by atoms with E-state index < -0.39 is 15.9 Å². The highest BCUT2D eigenvalue weighted by molar-refractivity contribution is 7.89. The molecule has 7 heteroatoms. The number of sulfone groups is 1. The molecule has 1 aromatic rings. The predicted molar refractivity (Wildman–Crippen MR) is 114 cm³/mol. The van der Waals surface area contributed by atoms with Crippen LogP contribution in [0.2, 0.25) is 0 Å². The maximum absolute atomic E-state index is 12.6. The molecule has 2 aliphatic carbocycles. The summed E-state index contributed by atoms with van der Waals surface area (Å²) >= 11 is 0. The van der Waals surface area contributed by atoms with E-state index in [4.69, 9.17) is 10.5 Å². The summed E-state index contributed by atoms with van der Waals surface area (Å²) in [5.74, 6) is 1.52. The molecule has 0 spiro atoms. The average Bonchev–Trinajstić information content (AvgIpc) is 2.63. The van der Waals surface area contributed by atoms with Crippen molar-refractivity contribution in [1.82, 2.24) is 4.90 Å². The minimum absolute atomic E-state index is 0.0243. The molecule has 29 heavy (non-hydrogen) atoms. The Balaban J connectivity index is 1.44. The third-order valence-electron chi connectivity index (χ3n) is 6.47. The van der Waals surface area contributed by atoms with Crippen molar-refractivity contribution in [2.24, 2.45) is 17.6 Å². The van der Waals surface area contributed by atoms with Crippen LogP contribution in [0.1, 0.15) is 50.5 Å². The van der Waals surface area contributed by atoms with Gasteiger partial charge in [-0.05, 0) is 74.5 Å². The zero-order valence-electron chi connectivity index (χ0n) is 17.5. The number of hydrogen-bond donors (Lipinski definition) is 1. The number of carbonyl (C=O) groups is 1.